The van der Waals surface area contributed by atoms with E-state index in [0.29, 0.717) is 25.9 Å². The number of carbonyl (C=O) groups is 2. The fourth-order valence-corrected chi connectivity index (χ4v) is 2.33. The fraction of sp³-hybridized carbons (Fsp3) is 0.500. The molecule has 108 valence electrons. The molecule has 20 heavy (non-hydrogen) atoms. The molecule has 1 aromatic rings. The van der Waals surface area contributed by atoms with Crippen LogP contribution in [0.3, 0.4) is 0 Å². The molecule has 0 unspecified atom stereocenters. The van der Waals surface area contributed by atoms with Gasteiger partial charge < -0.3 is 9.64 Å². The summed E-state index contributed by atoms with van der Waals surface area (Å²) < 4.78 is 5.64. The van der Waals surface area contributed by atoms with E-state index < -0.39 is 0 Å². The second-order valence-electron chi connectivity index (χ2n) is 5.41. The highest BCUT2D eigenvalue weighted by Crippen LogP contribution is 2.22. The van der Waals surface area contributed by atoms with Crippen molar-refractivity contribution in [3.8, 4) is 5.75 Å². The van der Waals surface area contributed by atoms with Gasteiger partial charge in [-0.25, -0.2) is 0 Å². The predicted octanol–water partition coefficient (Wildman–Crippen LogP) is 2.18. The molecule has 1 aliphatic heterocycles. The molecule has 0 spiro atoms. The summed E-state index contributed by atoms with van der Waals surface area (Å²) in [5.74, 6) is 0.949. The number of aryl methyl sites for hydroxylation is 3. The third-order valence-electron chi connectivity index (χ3n) is 3.82. The average Bonchev–Trinajstić information content (AvgIpc) is 2.42. The summed E-state index contributed by atoms with van der Waals surface area (Å²) in [5, 5.41) is 0. The van der Waals surface area contributed by atoms with Crippen molar-refractivity contribution >= 4 is 11.7 Å². The Hall–Kier alpha value is -1.84. The van der Waals surface area contributed by atoms with Gasteiger partial charge >= 0.3 is 0 Å². The molecule has 2 rings (SSSR count). The standard InChI is InChI=1S/C16H21NO3/c1-11-8-13(3)15(9-12(11)2)20-10-16(19)17-6-4-14(18)5-7-17/h8-9H,4-7,10H2,1-3H3. The molecule has 1 fully saturated rings. The van der Waals surface area contributed by atoms with Gasteiger partial charge in [-0.1, -0.05) is 6.07 Å². The number of carbonyl (C=O) groups excluding carboxylic acids is 2. The van der Waals surface area contributed by atoms with E-state index in [1.165, 1.54) is 5.56 Å². The topological polar surface area (TPSA) is 46.6 Å². The van der Waals surface area contributed by atoms with Crippen molar-refractivity contribution in [2.45, 2.75) is 33.6 Å². The summed E-state index contributed by atoms with van der Waals surface area (Å²) in [4.78, 5) is 24.9. The Balaban J connectivity index is 1.93. The Morgan fingerprint density at radius 3 is 2.35 bits per heavy atom. The number of hydrogen-bond acceptors (Lipinski definition) is 3. The maximum absolute atomic E-state index is 12.0. The minimum atomic E-state index is -0.0462. The number of rotatable bonds is 3. The lowest BCUT2D eigenvalue weighted by atomic mass is 10.1. The predicted molar refractivity (Wildman–Crippen MR) is 77.0 cm³/mol. The lowest BCUT2D eigenvalue weighted by Gasteiger charge is -2.26. The minimum Gasteiger partial charge on any atom is -0.483 e. The zero-order chi connectivity index (χ0) is 14.7. The summed E-state index contributed by atoms with van der Waals surface area (Å²) in [5.41, 5.74) is 3.41. The summed E-state index contributed by atoms with van der Waals surface area (Å²) >= 11 is 0. The van der Waals surface area contributed by atoms with Gasteiger partial charge in [-0.05, 0) is 43.5 Å². The first kappa shape index (κ1) is 14.6. The summed E-state index contributed by atoms with van der Waals surface area (Å²) in [6.07, 6.45) is 0.933. The molecule has 0 aromatic heterocycles. The molecule has 1 saturated heterocycles. The third kappa shape index (κ3) is 3.38. The van der Waals surface area contributed by atoms with Crippen LogP contribution in [0.2, 0.25) is 0 Å². The smallest absolute Gasteiger partial charge is 0.260 e. The largest absolute Gasteiger partial charge is 0.483 e. The Kier molecular flexibility index (Phi) is 4.42. The number of hydrogen-bond donors (Lipinski definition) is 0. The molecule has 0 saturated carbocycles. The maximum Gasteiger partial charge on any atom is 0.260 e. The third-order valence-corrected chi connectivity index (χ3v) is 3.82. The molecule has 1 amide bonds. The monoisotopic (exact) mass is 275 g/mol. The molecule has 1 aliphatic rings. The molecule has 0 N–H and O–H groups in total. The van der Waals surface area contributed by atoms with E-state index in [-0.39, 0.29) is 18.3 Å². The van der Waals surface area contributed by atoms with Crippen LogP contribution in [-0.4, -0.2) is 36.3 Å². The van der Waals surface area contributed by atoms with Gasteiger partial charge in [-0.2, -0.15) is 0 Å². The van der Waals surface area contributed by atoms with Crippen LogP contribution in [0.1, 0.15) is 29.5 Å². The Morgan fingerprint density at radius 2 is 1.70 bits per heavy atom. The number of benzene rings is 1. The number of ether oxygens (including phenoxy) is 1. The van der Waals surface area contributed by atoms with Gasteiger partial charge in [-0.15, -0.1) is 0 Å². The molecule has 0 atom stereocenters. The lowest BCUT2D eigenvalue weighted by molar-refractivity contribution is -0.136. The molecule has 0 radical (unpaired) electrons. The number of amides is 1. The van der Waals surface area contributed by atoms with Crippen LogP contribution in [0.15, 0.2) is 12.1 Å². The first-order valence-electron chi connectivity index (χ1n) is 6.97. The number of likely N-dealkylation sites (tertiary alicyclic amines) is 1. The van der Waals surface area contributed by atoms with Crippen molar-refractivity contribution in [2.75, 3.05) is 19.7 Å². The summed E-state index contributed by atoms with van der Waals surface area (Å²) in [6.45, 7) is 7.14. The highest BCUT2D eigenvalue weighted by Gasteiger charge is 2.21. The van der Waals surface area contributed by atoms with E-state index in [0.717, 1.165) is 16.9 Å². The Bertz CT molecular complexity index is 527. The van der Waals surface area contributed by atoms with E-state index in [9.17, 15) is 9.59 Å². The van der Waals surface area contributed by atoms with E-state index in [1.54, 1.807) is 4.90 Å². The molecule has 4 heteroatoms. The van der Waals surface area contributed by atoms with Gasteiger partial charge in [0.2, 0.25) is 0 Å². The summed E-state index contributed by atoms with van der Waals surface area (Å²) in [7, 11) is 0. The number of ketones is 1. The zero-order valence-corrected chi connectivity index (χ0v) is 12.4. The van der Waals surface area contributed by atoms with Gasteiger partial charge in [0.05, 0.1) is 0 Å². The van der Waals surface area contributed by atoms with E-state index in [2.05, 4.69) is 13.0 Å². The van der Waals surface area contributed by atoms with Gasteiger partial charge in [0.25, 0.3) is 5.91 Å². The van der Waals surface area contributed by atoms with Gasteiger partial charge in [0.15, 0.2) is 6.61 Å². The number of piperidine rings is 1. The summed E-state index contributed by atoms with van der Waals surface area (Å²) in [6, 6.07) is 4.03. The normalized spacial score (nSPS) is 15.3. The molecule has 4 nitrogen and oxygen atoms in total. The molecular formula is C16H21NO3. The van der Waals surface area contributed by atoms with E-state index in [4.69, 9.17) is 4.74 Å². The van der Waals surface area contributed by atoms with Crippen molar-refractivity contribution in [2.24, 2.45) is 0 Å². The molecule has 1 heterocycles. The second kappa shape index (κ2) is 6.07. The van der Waals surface area contributed by atoms with Crippen LogP contribution in [-0.2, 0) is 9.59 Å². The minimum absolute atomic E-state index is 0.0392. The highest BCUT2D eigenvalue weighted by molar-refractivity contribution is 5.84. The number of Topliss-reactive ketones (excluding diaryl/α,β-unsaturated/α-hetero) is 1. The SMILES string of the molecule is Cc1cc(C)c(OCC(=O)N2CCC(=O)CC2)cc1C. The first-order chi connectivity index (χ1) is 9.47. The molecule has 0 aliphatic carbocycles. The molecule has 0 bridgehead atoms. The van der Waals surface area contributed by atoms with Crippen LogP contribution >= 0.6 is 0 Å². The average molecular weight is 275 g/mol. The van der Waals surface area contributed by atoms with Crippen molar-refractivity contribution in [1.29, 1.82) is 0 Å². The maximum atomic E-state index is 12.0. The fourth-order valence-electron chi connectivity index (χ4n) is 2.33. The Labute approximate surface area is 119 Å². The molecule has 1 aromatic carbocycles. The van der Waals surface area contributed by atoms with Crippen LogP contribution in [0, 0.1) is 20.8 Å². The van der Waals surface area contributed by atoms with E-state index in [1.807, 2.05) is 19.9 Å². The van der Waals surface area contributed by atoms with Gasteiger partial charge in [0.1, 0.15) is 11.5 Å². The van der Waals surface area contributed by atoms with Crippen molar-refractivity contribution in [3.63, 3.8) is 0 Å². The van der Waals surface area contributed by atoms with E-state index >= 15 is 0 Å². The van der Waals surface area contributed by atoms with Crippen molar-refractivity contribution in [3.05, 3.63) is 28.8 Å². The first-order valence-corrected chi connectivity index (χ1v) is 6.97. The van der Waals surface area contributed by atoms with Crippen molar-refractivity contribution < 1.29 is 14.3 Å². The number of nitrogens with zero attached hydrogens (tertiary/aromatic N) is 1. The molecular weight excluding hydrogens is 254 g/mol. The second-order valence-corrected chi connectivity index (χ2v) is 5.41. The lowest BCUT2D eigenvalue weighted by Crippen LogP contribution is -2.41. The quantitative estimate of drug-likeness (QED) is 0.849. The van der Waals surface area contributed by atoms with Crippen molar-refractivity contribution in [1.82, 2.24) is 4.90 Å². The zero-order valence-electron chi connectivity index (χ0n) is 12.4. The van der Waals surface area contributed by atoms with Crippen LogP contribution in [0.5, 0.6) is 5.75 Å². The van der Waals surface area contributed by atoms with Gasteiger partial charge in [0, 0.05) is 25.9 Å². The van der Waals surface area contributed by atoms with Crippen LogP contribution in [0.25, 0.3) is 0 Å². The van der Waals surface area contributed by atoms with Gasteiger partial charge in [-0.3, -0.25) is 9.59 Å². The highest BCUT2D eigenvalue weighted by atomic mass is 16.5. The Morgan fingerprint density at radius 1 is 1.10 bits per heavy atom. The van der Waals surface area contributed by atoms with Crippen LogP contribution in [0.4, 0.5) is 0 Å². The van der Waals surface area contributed by atoms with Crippen LogP contribution < -0.4 is 4.74 Å².